The Balaban J connectivity index is 1.58. The normalized spacial score (nSPS) is 14.7. The second-order valence-corrected chi connectivity index (χ2v) is 5.19. The molecule has 0 saturated heterocycles. The third-order valence-electron chi connectivity index (χ3n) is 3.35. The van der Waals surface area contributed by atoms with Crippen LogP contribution in [0.3, 0.4) is 0 Å². The van der Waals surface area contributed by atoms with E-state index in [0.29, 0.717) is 22.7 Å². The number of oxazole rings is 1. The lowest BCUT2D eigenvalue weighted by atomic mass is 9.84. The third kappa shape index (κ3) is 2.96. The summed E-state index contributed by atoms with van der Waals surface area (Å²) in [5.74, 6) is 1.12. The van der Waals surface area contributed by atoms with Gasteiger partial charge in [0.15, 0.2) is 5.11 Å². The number of hydrogen-bond donors (Lipinski definition) is 2. The van der Waals surface area contributed by atoms with E-state index in [1.54, 1.807) is 18.3 Å². The van der Waals surface area contributed by atoms with Gasteiger partial charge in [-0.05, 0) is 49.3 Å². The molecule has 1 aromatic carbocycles. The maximum Gasteiger partial charge on any atom is 0.301 e. The van der Waals surface area contributed by atoms with Gasteiger partial charge in [-0.15, -0.1) is 0 Å². The Morgan fingerprint density at radius 1 is 1.25 bits per heavy atom. The zero-order chi connectivity index (χ0) is 13.9. The van der Waals surface area contributed by atoms with E-state index in [1.165, 1.54) is 18.6 Å². The lowest BCUT2D eigenvalue weighted by molar-refractivity contribution is 0.351. The summed E-state index contributed by atoms with van der Waals surface area (Å²) in [4.78, 5) is 4.15. The molecule has 2 N–H and O–H groups in total. The Morgan fingerprint density at radius 3 is 2.65 bits per heavy atom. The molecule has 0 radical (unpaired) electrons. The topological polar surface area (TPSA) is 50.1 Å². The minimum Gasteiger partial charge on any atom is -0.428 e. The van der Waals surface area contributed by atoms with Crippen LogP contribution in [0.15, 0.2) is 34.9 Å². The lowest BCUT2D eigenvalue weighted by Gasteiger charge is -2.22. The summed E-state index contributed by atoms with van der Waals surface area (Å²) >= 11 is 5.15. The molecule has 0 unspecified atom stereocenters. The van der Waals surface area contributed by atoms with Crippen LogP contribution in [0.5, 0.6) is 0 Å². The van der Waals surface area contributed by atoms with E-state index < -0.39 is 0 Å². The standard InChI is InChI=1S/C14H14FN3OS/c15-10-4-6-11(7-5-10)17-14(20)18-13-16-8-12(19-13)9-2-1-3-9/h4-9H,1-3H2,(H2,16,17,18,20). The molecule has 0 bridgehead atoms. The van der Waals surface area contributed by atoms with Gasteiger partial charge in [0.05, 0.1) is 6.20 Å². The van der Waals surface area contributed by atoms with E-state index in [9.17, 15) is 4.39 Å². The third-order valence-corrected chi connectivity index (χ3v) is 3.56. The number of nitrogens with zero attached hydrogens (tertiary/aromatic N) is 1. The molecule has 0 atom stereocenters. The highest BCUT2D eigenvalue weighted by Crippen LogP contribution is 2.37. The van der Waals surface area contributed by atoms with Crippen molar-refractivity contribution in [3.63, 3.8) is 0 Å². The van der Waals surface area contributed by atoms with Crippen LogP contribution >= 0.6 is 12.2 Å². The Hall–Kier alpha value is -1.95. The average molecular weight is 291 g/mol. The van der Waals surface area contributed by atoms with E-state index in [4.69, 9.17) is 16.6 Å². The van der Waals surface area contributed by atoms with Crippen LogP contribution in [0.1, 0.15) is 30.9 Å². The second-order valence-electron chi connectivity index (χ2n) is 4.78. The first-order valence-electron chi connectivity index (χ1n) is 6.50. The summed E-state index contributed by atoms with van der Waals surface area (Å²) in [5.41, 5.74) is 0.703. The Kier molecular flexibility index (Phi) is 3.64. The van der Waals surface area contributed by atoms with Gasteiger partial charge in [0.2, 0.25) is 0 Å². The SMILES string of the molecule is Fc1ccc(NC(=S)Nc2ncc(C3CCC3)o2)cc1. The van der Waals surface area contributed by atoms with Crippen LogP contribution in [0.25, 0.3) is 0 Å². The highest BCUT2D eigenvalue weighted by Gasteiger charge is 2.23. The van der Waals surface area contributed by atoms with E-state index in [0.717, 1.165) is 18.6 Å². The number of thiocarbonyl (C=S) groups is 1. The zero-order valence-electron chi connectivity index (χ0n) is 10.7. The van der Waals surface area contributed by atoms with Gasteiger partial charge in [-0.1, -0.05) is 6.42 Å². The van der Waals surface area contributed by atoms with Crippen molar-refractivity contribution in [2.24, 2.45) is 0 Å². The molecule has 20 heavy (non-hydrogen) atoms. The number of nitrogens with one attached hydrogen (secondary N) is 2. The monoisotopic (exact) mass is 291 g/mol. The minimum absolute atomic E-state index is 0.285. The van der Waals surface area contributed by atoms with Crippen molar-refractivity contribution < 1.29 is 8.81 Å². The van der Waals surface area contributed by atoms with Crippen LogP contribution in [-0.4, -0.2) is 10.1 Å². The molecule has 6 heteroatoms. The van der Waals surface area contributed by atoms with Crippen molar-refractivity contribution >= 4 is 29.0 Å². The average Bonchev–Trinajstić information content (AvgIpc) is 2.78. The predicted molar refractivity (Wildman–Crippen MR) is 79.3 cm³/mol. The molecule has 0 amide bonds. The van der Waals surface area contributed by atoms with Crippen LogP contribution in [-0.2, 0) is 0 Å². The summed E-state index contributed by atoms with van der Waals surface area (Å²) in [6.45, 7) is 0. The number of aromatic nitrogens is 1. The fraction of sp³-hybridized carbons (Fsp3) is 0.286. The quantitative estimate of drug-likeness (QED) is 0.840. The maximum atomic E-state index is 12.8. The van der Waals surface area contributed by atoms with Gasteiger partial charge in [-0.3, -0.25) is 5.32 Å². The summed E-state index contributed by atoms with van der Waals surface area (Å²) in [5, 5.41) is 6.17. The van der Waals surface area contributed by atoms with Gasteiger partial charge in [-0.2, -0.15) is 0 Å². The van der Waals surface area contributed by atoms with Gasteiger partial charge in [0.1, 0.15) is 11.6 Å². The van der Waals surface area contributed by atoms with Gasteiger partial charge >= 0.3 is 6.01 Å². The molecule has 1 fully saturated rings. The molecule has 0 spiro atoms. The van der Waals surface area contributed by atoms with Crippen molar-refractivity contribution in [1.29, 1.82) is 0 Å². The van der Waals surface area contributed by atoms with E-state index in [2.05, 4.69) is 15.6 Å². The highest BCUT2D eigenvalue weighted by atomic mass is 32.1. The Bertz CT molecular complexity index is 607. The smallest absolute Gasteiger partial charge is 0.301 e. The predicted octanol–water partition coefficient (Wildman–Crippen LogP) is 3.89. The lowest BCUT2D eigenvalue weighted by Crippen LogP contribution is -2.19. The van der Waals surface area contributed by atoms with Crippen molar-refractivity contribution in [2.75, 3.05) is 10.6 Å². The first-order chi connectivity index (χ1) is 9.70. The zero-order valence-corrected chi connectivity index (χ0v) is 11.5. The number of rotatable bonds is 3. The van der Waals surface area contributed by atoms with Crippen LogP contribution in [0.2, 0.25) is 0 Å². The van der Waals surface area contributed by atoms with Gasteiger partial charge in [0, 0.05) is 11.6 Å². The summed E-state index contributed by atoms with van der Waals surface area (Å²) < 4.78 is 18.4. The number of anilines is 2. The molecule has 1 aliphatic carbocycles. The van der Waals surface area contributed by atoms with Crippen LogP contribution in [0.4, 0.5) is 16.1 Å². The van der Waals surface area contributed by atoms with E-state index in [-0.39, 0.29) is 5.82 Å². The van der Waals surface area contributed by atoms with Crippen LogP contribution in [0, 0.1) is 5.82 Å². The van der Waals surface area contributed by atoms with E-state index in [1.807, 2.05) is 0 Å². The molecule has 1 aliphatic rings. The number of benzene rings is 1. The molecule has 4 nitrogen and oxygen atoms in total. The van der Waals surface area contributed by atoms with Gasteiger partial charge < -0.3 is 9.73 Å². The summed E-state index contributed by atoms with van der Waals surface area (Å²) in [6, 6.07) is 6.33. The summed E-state index contributed by atoms with van der Waals surface area (Å²) in [7, 11) is 0. The molecular formula is C14H14FN3OS. The second kappa shape index (κ2) is 5.58. The van der Waals surface area contributed by atoms with Crippen molar-refractivity contribution in [2.45, 2.75) is 25.2 Å². The molecule has 0 aliphatic heterocycles. The molecule has 1 heterocycles. The summed E-state index contributed by atoms with van der Waals surface area (Å²) in [6.07, 6.45) is 5.31. The van der Waals surface area contributed by atoms with Crippen molar-refractivity contribution in [1.82, 2.24) is 4.98 Å². The highest BCUT2D eigenvalue weighted by molar-refractivity contribution is 7.80. The van der Waals surface area contributed by atoms with Crippen LogP contribution < -0.4 is 10.6 Å². The van der Waals surface area contributed by atoms with E-state index >= 15 is 0 Å². The number of hydrogen-bond acceptors (Lipinski definition) is 3. The number of halogens is 1. The largest absolute Gasteiger partial charge is 0.428 e. The first-order valence-corrected chi connectivity index (χ1v) is 6.91. The first kappa shape index (κ1) is 13.1. The minimum atomic E-state index is -0.285. The van der Waals surface area contributed by atoms with Crippen molar-refractivity contribution in [3.05, 3.63) is 42.0 Å². The maximum absolute atomic E-state index is 12.8. The molecule has 2 aromatic rings. The van der Waals surface area contributed by atoms with Gasteiger partial charge in [0.25, 0.3) is 0 Å². The molecule has 104 valence electrons. The fourth-order valence-corrected chi connectivity index (χ4v) is 2.22. The molecule has 3 rings (SSSR count). The van der Waals surface area contributed by atoms with Gasteiger partial charge in [-0.25, -0.2) is 9.37 Å². The molecule has 1 aromatic heterocycles. The Labute approximate surface area is 121 Å². The molecule has 1 saturated carbocycles. The van der Waals surface area contributed by atoms with Crippen molar-refractivity contribution in [3.8, 4) is 0 Å². The Morgan fingerprint density at radius 2 is 2.00 bits per heavy atom. The molecular weight excluding hydrogens is 277 g/mol. The fourth-order valence-electron chi connectivity index (χ4n) is 2.02.